The molecule has 0 bridgehead atoms. The maximum atomic E-state index is 12.0. The normalized spacial score (nSPS) is 17.2. The predicted octanol–water partition coefficient (Wildman–Crippen LogP) is 1.88. The van der Waals surface area contributed by atoms with Gasteiger partial charge in [0.05, 0.1) is 0 Å². The molecule has 1 aliphatic carbocycles. The Hall–Kier alpha value is -2.10. The van der Waals surface area contributed by atoms with Crippen molar-refractivity contribution in [2.45, 2.75) is 18.8 Å². The zero-order valence-electron chi connectivity index (χ0n) is 11.0. The number of hydrogen-bond acceptors (Lipinski definition) is 2. The number of hydrogen-bond donors (Lipinski definition) is 1. The number of rotatable bonds is 3. The second kappa shape index (κ2) is 4.88. The molecule has 0 aliphatic heterocycles. The zero-order chi connectivity index (χ0) is 13.2. The first-order valence-electron chi connectivity index (χ1n) is 6.59. The van der Waals surface area contributed by atoms with Gasteiger partial charge in [0.15, 0.2) is 0 Å². The lowest BCUT2D eigenvalue weighted by molar-refractivity contribution is 0.0943. The van der Waals surface area contributed by atoms with Crippen molar-refractivity contribution in [1.29, 1.82) is 0 Å². The van der Waals surface area contributed by atoms with Gasteiger partial charge in [-0.05, 0) is 36.6 Å². The van der Waals surface area contributed by atoms with E-state index in [1.807, 2.05) is 42.2 Å². The minimum atomic E-state index is -0.0168. The highest BCUT2D eigenvalue weighted by Gasteiger charge is 2.24. The number of nitrogens with zero attached hydrogens (tertiary/aromatic N) is 2. The van der Waals surface area contributed by atoms with Crippen molar-refractivity contribution in [3.05, 3.63) is 53.6 Å². The number of aromatic nitrogens is 2. The van der Waals surface area contributed by atoms with Gasteiger partial charge in [0, 0.05) is 37.6 Å². The molecule has 2 aromatic heterocycles. The minimum absolute atomic E-state index is 0.0168. The van der Waals surface area contributed by atoms with E-state index < -0.39 is 0 Å². The average molecular weight is 255 g/mol. The quantitative estimate of drug-likeness (QED) is 0.910. The van der Waals surface area contributed by atoms with Crippen molar-refractivity contribution in [2.75, 3.05) is 6.54 Å². The number of amides is 1. The molecular formula is C15H17N3O. The molecule has 98 valence electrons. The summed E-state index contributed by atoms with van der Waals surface area (Å²) in [7, 11) is 1.88. The van der Waals surface area contributed by atoms with Gasteiger partial charge in [-0.15, -0.1) is 0 Å². The highest BCUT2D eigenvalue weighted by Crippen LogP contribution is 2.30. The summed E-state index contributed by atoms with van der Waals surface area (Å²) < 4.78 is 1.83. The van der Waals surface area contributed by atoms with E-state index in [0.717, 1.165) is 18.5 Å². The second-order valence-electron chi connectivity index (χ2n) is 5.00. The van der Waals surface area contributed by atoms with Crippen molar-refractivity contribution in [3.63, 3.8) is 0 Å². The van der Waals surface area contributed by atoms with Crippen LogP contribution in [0.25, 0.3) is 0 Å². The molecule has 0 aromatic carbocycles. The molecule has 0 saturated heterocycles. The van der Waals surface area contributed by atoms with Gasteiger partial charge in [-0.2, -0.15) is 0 Å². The van der Waals surface area contributed by atoms with Crippen LogP contribution in [-0.4, -0.2) is 22.0 Å². The predicted molar refractivity (Wildman–Crippen MR) is 73.0 cm³/mol. The standard InChI is InChI=1S/C15H17N3O/c1-18-9-3-5-13(18)15(19)17-10-12-7-6-11-4-2-8-16-14(11)12/h2-5,8-9,12H,6-7,10H2,1H3,(H,17,19)/t12-/m1/s1. The van der Waals surface area contributed by atoms with E-state index in [1.54, 1.807) is 0 Å². The smallest absolute Gasteiger partial charge is 0.267 e. The average Bonchev–Trinajstić information content (AvgIpc) is 3.02. The molecule has 0 radical (unpaired) electrons. The summed E-state index contributed by atoms with van der Waals surface area (Å²) in [6.07, 6.45) is 5.84. The first-order chi connectivity index (χ1) is 9.25. The van der Waals surface area contributed by atoms with Crippen LogP contribution in [0, 0.1) is 0 Å². The molecule has 0 fully saturated rings. The summed E-state index contributed by atoms with van der Waals surface area (Å²) in [5.74, 6) is 0.331. The molecule has 1 N–H and O–H groups in total. The zero-order valence-corrected chi connectivity index (χ0v) is 11.0. The van der Waals surface area contributed by atoms with Crippen LogP contribution in [0.4, 0.5) is 0 Å². The SMILES string of the molecule is Cn1cccc1C(=O)NC[C@H]1CCc2cccnc21. The monoisotopic (exact) mass is 255 g/mol. The molecule has 0 unspecified atom stereocenters. The second-order valence-corrected chi connectivity index (χ2v) is 5.00. The molecular weight excluding hydrogens is 238 g/mol. The van der Waals surface area contributed by atoms with Crippen LogP contribution in [0.2, 0.25) is 0 Å². The molecule has 1 atom stereocenters. The van der Waals surface area contributed by atoms with Crippen molar-refractivity contribution >= 4 is 5.91 Å². The highest BCUT2D eigenvalue weighted by atomic mass is 16.1. The largest absolute Gasteiger partial charge is 0.350 e. The molecule has 4 nitrogen and oxygen atoms in total. The van der Waals surface area contributed by atoms with Crippen LogP contribution < -0.4 is 5.32 Å². The van der Waals surface area contributed by atoms with E-state index in [1.165, 1.54) is 5.56 Å². The Morgan fingerprint density at radius 1 is 1.47 bits per heavy atom. The van der Waals surface area contributed by atoms with Crippen molar-refractivity contribution < 1.29 is 4.79 Å². The summed E-state index contributed by atoms with van der Waals surface area (Å²) >= 11 is 0. The molecule has 1 aliphatic rings. The Balaban J connectivity index is 1.65. The van der Waals surface area contributed by atoms with Gasteiger partial charge in [-0.25, -0.2) is 0 Å². The van der Waals surface area contributed by atoms with Crippen LogP contribution in [0.15, 0.2) is 36.7 Å². The van der Waals surface area contributed by atoms with Crippen molar-refractivity contribution in [2.24, 2.45) is 7.05 Å². The summed E-state index contributed by atoms with van der Waals surface area (Å²) in [4.78, 5) is 16.5. The van der Waals surface area contributed by atoms with Gasteiger partial charge in [0.2, 0.25) is 0 Å². The first kappa shape index (κ1) is 12.0. The molecule has 19 heavy (non-hydrogen) atoms. The molecule has 2 aromatic rings. The third-order valence-corrected chi connectivity index (χ3v) is 3.76. The first-order valence-corrected chi connectivity index (χ1v) is 6.59. The number of fused-ring (bicyclic) bond motifs is 1. The number of carbonyl (C=O) groups is 1. The van der Waals surface area contributed by atoms with Gasteiger partial charge in [-0.3, -0.25) is 9.78 Å². The summed E-state index contributed by atoms with van der Waals surface area (Å²) in [6, 6.07) is 7.81. The third-order valence-electron chi connectivity index (χ3n) is 3.76. The van der Waals surface area contributed by atoms with Crippen LogP contribution in [0.3, 0.4) is 0 Å². The third kappa shape index (κ3) is 2.26. The number of nitrogens with one attached hydrogen (secondary N) is 1. The van der Waals surface area contributed by atoms with Gasteiger partial charge < -0.3 is 9.88 Å². The summed E-state index contributed by atoms with van der Waals surface area (Å²) in [5, 5.41) is 3.01. The van der Waals surface area contributed by atoms with E-state index in [2.05, 4.69) is 16.4 Å². The van der Waals surface area contributed by atoms with Crippen molar-refractivity contribution in [1.82, 2.24) is 14.9 Å². The topological polar surface area (TPSA) is 46.9 Å². The van der Waals surface area contributed by atoms with Crippen LogP contribution in [-0.2, 0) is 13.5 Å². The maximum absolute atomic E-state index is 12.0. The van der Waals surface area contributed by atoms with Crippen LogP contribution >= 0.6 is 0 Å². The van der Waals surface area contributed by atoms with Gasteiger partial charge in [0.1, 0.15) is 5.69 Å². The molecule has 2 heterocycles. The molecule has 4 heteroatoms. The lowest BCUT2D eigenvalue weighted by Gasteiger charge is -2.12. The minimum Gasteiger partial charge on any atom is -0.350 e. The Morgan fingerprint density at radius 2 is 2.37 bits per heavy atom. The van der Waals surface area contributed by atoms with Gasteiger partial charge >= 0.3 is 0 Å². The molecule has 3 rings (SSSR count). The van der Waals surface area contributed by atoms with E-state index in [4.69, 9.17) is 0 Å². The van der Waals surface area contributed by atoms with E-state index in [0.29, 0.717) is 18.2 Å². The summed E-state index contributed by atoms with van der Waals surface area (Å²) in [5.41, 5.74) is 3.16. The fourth-order valence-electron chi connectivity index (χ4n) is 2.70. The fraction of sp³-hybridized carbons (Fsp3) is 0.333. The summed E-state index contributed by atoms with van der Waals surface area (Å²) in [6.45, 7) is 0.661. The van der Waals surface area contributed by atoms with E-state index in [-0.39, 0.29) is 5.91 Å². The Kier molecular flexibility index (Phi) is 3.07. The number of aryl methyl sites for hydroxylation is 2. The fourth-order valence-corrected chi connectivity index (χ4v) is 2.70. The van der Waals surface area contributed by atoms with Crippen LogP contribution in [0.5, 0.6) is 0 Å². The van der Waals surface area contributed by atoms with Crippen molar-refractivity contribution in [3.8, 4) is 0 Å². The number of pyridine rings is 1. The molecule has 1 amide bonds. The molecule has 0 spiro atoms. The molecule has 0 saturated carbocycles. The van der Waals surface area contributed by atoms with Gasteiger partial charge in [-0.1, -0.05) is 6.07 Å². The van der Waals surface area contributed by atoms with Gasteiger partial charge in [0.25, 0.3) is 5.91 Å². The van der Waals surface area contributed by atoms with E-state index in [9.17, 15) is 4.79 Å². The number of carbonyl (C=O) groups excluding carboxylic acids is 1. The maximum Gasteiger partial charge on any atom is 0.267 e. The van der Waals surface area contributed by atoms with Crippen LogP contribution in [0.1, 0.15) is 34.1 Å². The highest BCUT2D eigenvalue weighted by molar-refractivity contribution is 5.92. The Labute approximate surface area is 112 Å². The van der Waals surface area contributed by atoms with E-state index >= 15 is 0 Å². The Morgan fingerprint density at radius 3 is 3.16 bits per heavy atom. The lowest BCUT2D eigenvalue weighted by Crippen LogP contribution is -2.29. The lowest BCUT2D eigenvalue weighted by atomic mass is 10.1. The Bertz CT molecular complexity index is 603.